The summed E-state index contributed by atoms with van der Waals surface area (Å²) in [4.78, 5) is 0.200. The molecule has 0 aromatic heterocycles. The van der Waals surface area contributed by atoms with Crippen molar-refractivity contribution >= 4 is 10.0 Å². The van der Waals surface area contributed by atoms with Crippen molar-refractivity contribution in [2.75, 3.05) is 26.4 Å². The highest BCUT2D eigenvalue weighted by atomic mass is 32.2. The number of aliphatic hydroxyl groups excluding tert-OH is 1. The molecule has 6 heteroatoms. The van der Waals surface area contributed by atoms with Gasteiger partial charge in [0.1, 0.15) is 6.61 Å². The summed E-state index contributed by atoms with van der Waals surface area (Å²) in [7, 11) is -3.49. The number of ether oxygens (including phenoxy) is 1. The Morgan fingerprint density at radius 3 is 2.57 bits per heavy atom. The normalized spacial score (nSPS) is 11.0. The average Bonchev–Trinajstić information content (AvgIpc) is 2.49. The van der Waals surface area contributed by atoms with E-state index in [2.05, 4.69) is 16.6 Å². The van der Waals surface area contributed by atoms with Gasteiger partial charge in [0, 0.05) is 25.3 Å². The number of benzene rings is 1. The molecule has 0 bridgehead atoms. The van der Waals surface area contributed by atoms with Gasteiger partial charge in [-0.05, 0) is 37.1 Å². The second-order valence-electron chi connectivity index (χ2n) is 4.35. The van der Waals surface area contributed by atoms with Gasteiger partial charge in [0.05, 0.1) is 4.90 Å². The lowest BCUT2D eigenvalue weighted by Gasteiger charge is -2.07. The van der Waals surface area contributed by atoms with Gasteiger partial charge in [-0.15, -0.1) is 0 Å². The highest BCUT2D eigenvalue weighted by Crippen LogP contribution is 2.09. The minimum absolute atomic E-state index is 0.200. The molecule has 0 heterocycles. The van der Waals surface area contributed by atoms with E-state index >= 15 is 0 Å². The molecule has 116 valence electrons. The molecule has 0 amide bonds. The summed E-state index contributed by atoms with van der Waals surface area (Å²) in [6.45, 7) is 3.40. The van der Waals surface area contributed by atoms with Crippen LogP contribution >= 0.6 is 0 Å². The lowest BCUT2D eigenvalue weighted by atomic mass is 10.2. The SMILES string of the molecule is CCCOCCCNS(=O)(=O)c1ccc(C#CCO)cc1. The molecule has 1 aromatic carbocycles. The first-order chi connectivity index (χ1) is 10.1. The standard InChI is InChI=1S/C15H21NO4S/c1-2-12-20-13-4-10-16-21(18,19)15-8-6-14(7-9-15)5-3-11-17/h6-9,16-17H,2,4,10-13H2,1H3. The first-order valence-corrected chi connectivity index (χ1v) is 8.35. The van der Waals surface area contributed by atoms with Gasteiger partial charge < -0.3 is 9.84 Å². The fourth-order valence-electron chi connectivity index (χ4n) is 1.57. The van der Waals surface area contributed by atoms with Crippen LogP contribution in [0.15, 0.2) is 29.2 Å². The molecule has 0 aliphatic carbocycles. The molecule has 0 aliphatic heterocycles. The molecule has 5 nitrogen and oxygen atoms in total. The molecule has 0 radical (unpaired) electrons. The fourth-order valence-corrected chi connectivity index (χ4v) is 2.64. The molecule has 0 aliphatic rings. The first kappa shape index (κ1) is 17.7. The van der Waals surface area contributed by atoms with Crippen LogP contribution < -0.4 is 4.72 Å². The van der Waals surface area contributed by atoms with Crippen molar-refractivity contribution in [2.45, 2.75) is 24.7 Å². The van der Waals surface area contributed by atoms with Crippen molar-refractivity contribution in [3.8, 4) is 11.8 Å². The molecule has 2 N–H and O–H groups in total. The van der Waals surface area contributed by atoms with E-state index in [0.29, 0.717) is 31.7 Å². The summed E-state index contributed by atoms with van der Waals surface area (Å²) < 4.78 is 31.9. The van der Waals surface area contributed by atoms with E-state index in [0.717, 1.165) is 6.42 Å². The van der Waals surface area contributed by atoms with Gasteiger partial charge in [0.15, 0.2) is 0 Å². The zero-order chi connectivity index (χ0) is 15.6. The second-order valence-corrected chi connectivity index (χ2v) is 6.11. The zero-order valence-corrected chi connectivity index (χ0v) is 12.9. The van der Waals surface area contributed by atoms with Crippen molar-refractivity contribution in [3.63, 3.8) is 0 Å². The van der Waals surface area contributed by atoms with Crippen molar-refractivity contribution < 1.29 is 18.3 Å². The molecule has 0 atom stereocenters. The van der Waals surface area contributed by atoms with Crippen LogP contribution in [0.5, 0.6) is 0 Å². The summed E-state index contributed by atoms with van der Waals surface area (Å²) >= 11 is 0. The Bertz CT molecular complexity index is 570. The van der Waals surface area contributed by atoms with Crippen LogP contribution in [0.4, 0.5) is 0 Å². The van der Waals surface area contributed by atoms with Gasteiger partial charge in [0.2, 0.25) is 10.0 Å². The minimum Gasteiger partial charge on any atom is -0.384 e. The third kappa shape index (κ3) is 6.74. The molecular weight excluding hydrogens is 290 g/mol. The van der Waals surface area contributed by atoms with E-state index in [-0.39, 0.29) is 11.5 Å². The van der Waals surface area contributed by atoms with Crippen LogP contribution in [0.1, 0.15) is 25.3 Å². The Labute approximate surface area is 126 Å². The lowest BCUT2D eigenvalue weighted by molar-refractivity contribution is 0.133. The van der Waals surface area contributed by atoms with E-state index in [1.165, 1.54) is 12.1 Å². The molecule has 1 aromatic rings. The Kier molecular flexibility index (Phi) is 8.01. The van der Waals surface area contributed by atoms with Crippen LogP contribution in [0.3, 0.4) is 0 Å². The van der Waals surface area contributed by atoms with Crippen molar-refractivity contribution in [1.82, 2.24) is 4.72 Å². The molecule has 0 saturated heterocycles. The van der Waals surface area contributed by atoms with Gasteiger partial charge in [-0.2, -0.15) is 0 Å². The van der Waals surface area contributed by atoms with Gasteiger partial charge in [-0.1, -0.05) is 18.8 Å². The maximum absolute atomic E-state index is 12.0. The smallest absolute Gasteiger partial charge is 0.240 e. The lowest BCUT2D eigenvalue weighted by Crippen LogP contribution is -2.25. The molecule has 21 heavy (non-hydrogen) atoms. The van der Waals surface area contributed by atoms with Crippen LogP contribution in [-0.4, -0.2) is 39.9 Å². The monoisotopic (exact) mass is 311 g/mol. The van der Waals surface area contributed by atoms with Gasteiger partial charge in [-0.3, -0.25) is 0 Å². The first-order valence-electron chi connectivity index (χ1n) is 6.87. The Hall–Kier alpha value is -1.39. The van der Waals surface area contributed by atoms with Crippen molar-refractivity contribution in [3.05, 3.63) is 29.8 Å². The number of nitrogens with one attached hydrogen (secondary N) is 1. The van der Waals surface area contributed by atoms with Gasteiger partial charge in [0.25, 0.3) is 0 Å². The number of hydrogen-bond acceptors (Lipinski definition) is 4. The molecular formula is C15H21NO4S. The fraction of sp³-hybridized carbons (Fsp3) is 0.467. The molecule has 0 fully saturated rings. The summed E-state index contributed by atoms with van der Waals surface area (Å²) in [6.07, 6.45) is 1.59. The largest absolute Gasteiger partial charge is 0.384 e. The zero-order valence-electron chi connectivity index (χ0n) is 12.1. The Morgan fingerprint density at radius 1 is 1.24 bits per heavy atom. The number of hydrogen-bond donors (Lipinski definition) is 2. The van der Waals surface area contributed by atoms with Crippen LogP contribution in [0, 0.1) is 11.8 Å². The number of rotatable bonds is 8. The number of sulfonamides is 1. The topological polar surface area (TPSA) is 75.6 Å². The van der Waals surface area contributed by atoms with Crippen LogP contribution in [-0.2, 0) is 14.8 Å². The van der Waals surface area contributed by atoms with E-state index in [1.54, 1.807) is 12.1 Å². The van der Waals surface area contributed by atoms with Crippen molar-refractivity contribution in [1.29, 1.82) is 0 Å². The summed E-state index contributed by atoms with van der Waals surface area (Å²) in [5.74, 6) is 5.22. The van der Waals surface area contributed by atoms with Gasteiger partial charge in [-0.25, -0.2) is 13.1 Å². The summed E-state index contributed by atoms with van der Waals surface area (Å²) in [6, 6.07) is 6.22. The second kappa shape index (κ2) is 9.53. The molecule has 0 unspecified atom stereocenters. The maximum atomic E-state index is 12.0. The average molecular weight is 311 g/mol. The van der Waals surface area contributed by atoms with Crippen LogP contribution in [0.2, 0.25) is 0 Å². The highest BCUT2D eigenvalue weighted by molar-refractivity contribution is 7.89. The quantitative estimate of drug-likeness (QED) is 0.557. The maximum Gasteiger partial charge on any atom is 0.240 e. The van der Waals surface area contributed by atoms with Crippen molar-refractivity contribution in [2.24, 2.45) is 0 Å². The summed E-state index contributed by atoms with van der Waals surface area (Å²) in [5, 5.41) is 8.60. The predicted octanol–water partition coefficient (Wildman–Crippen LogP) is 1.13. The molecule has 0 spiro atoms. The van der Waals surface area contributed by atoms with E-state index in [1.807, 2.05) is 6.92 Å². The van der Waals surface area contributed by atoms with Gasteiger partial charge >= 0.3 is 0 Å². The molecule has 0 saturated carbocycles. The predicted molar refractivity (Wildman–Crippen MR) is 81.3 cm³/mol. The van der Waals surface area contributed by atoms with E-state index < -0.39 is 10.0 Å². The van der Waals surface area contributed by atoms with E-state index in [9.17, 15) is 8.42 Å². The number of aliphatic hydroxyl groups is 1. The third-order valence-electron chi connectivity index (χ3n) is 2.58. The molecule has 1 rings (SSSR count). The third-order valence-corrected chi connectivity index (χ3v) is 4.06. The highest BCUT2D eigenvalue weighted by Gasteiger charge is 2.12. The van der Waals surface area contributed by atoms with Crippen LogP contribution in [0.25, 0.3) is 0 Å². The Balaban J connectivity index is 2.50. The Morgan fingerprint density at radius 2 is 1.95 bits per heavy atom. The summed E-state index contributed by atoms with van der Waals surface area (Å²) in [5.41, 5.74) is 0.663. The minimum atomic E-state index is -3.49. The van der Waals surface area contributed by atoms with E-state index in [4.69, 9.17) is 9.84 Å².